The fourth-order valence-electron chi connectivity index (χ4n) is 4.18. The van der Waals surface area contributed by atoms with Gasteiger partial charge in [-0.05, 0) is 35.4 Å². The van der Waals surface area contributed by atoms with Crippen molar-refractivity contribution in [1.29, 1.82) is 5.26 Å². The number of aromatic nitrogens is 2. The van der Waals surface area contributed by atoms with Crippen LogP contribution in [0, 0.1) is 18.3 Å². The summed E-state index contributed by atoms with van der Waals surface area (Å²) in [6.45, 7) is 1.85. The van der Waals surface area contributed by atoms with Crippen molar-refractivity contribution >= 4 is 38.4 Å². The van der Waals surface area contributed by atoms with Crippen LogP contribution in [0.2, 0.25) is 0 Å². The molecule has 0 aliphatic rings. The Balaban J connectivity index is 1.54. The van der Waals surface area contributed by atoms with Gasteiger partial charge in [-0.15, -0.1) is 0 Å². The van der Waals surface area contributed by atoms with Crippen molar-refractivity contribution in [2.24, 2.45) is 0 Å². The molecule has 1 atom stereocenters. The molecule has 40 heavy (non-hydrogen) atoms. The smallest absolute Gasteiger partial charge is 0.340 e. The molecule has 1 heterocycles. The minimum Gasteiger partial charge on any atom is -0.358 e. The lowest BCUT2D eigenvalue weighted by molar-refractivity contribution is 0.102. The van der Waals surface area contributed by atoms with Gasteiger partial charge in [0.25, 0.3) is 0 Å². The Hall–Kier alpha value is -4.52. The van der Waals surface area contributed by atoms with Crippen LogP contribution in [0.15, 0.2) is 113 Å². The van der Waals surface area contributed by atoms with Crippen molar-refractivity contribution in [2.75, 3.05) is 5.75 Å². The molecule has 0 saturated carbocycles. The summed E-state index contributed by atoms with van der Waals surface area (Å²) in [7, 11) is -4.22. The first-order valence-corrected chi connectivity index (χ1v) is 14.7. The van der Waals surface area contributed by atoms with E-state index in [4.69, 9.17) is 4.18 Å². The molecule has 0 aliphatic carbocycles. The van der Waals surface area contributed by atoms with Crippen molar-refractivity contribution in [3.05, 3.63) is 126 Å². The fraction of sp³-hybridized carbons (Fsp3) is 0.0968. The Morgan fingerprint density at radius 3 is 2.38 bits per heavy atom. The third-order valence-electron chi connectivity index (χ3n) is 6.19. The molecule has 198 valence electrons. The second kappa shape index (κ2) is 11.7. The van der Waals surface area contributed by atoms with E-state index in [0.717, 1.165) is 28.1 Å². The first kappa shape index (κ1) is 27.1. The zero-order valence-corrected chi connectivity index (χ0v) is 23.0. The van der Waals surface area contributed by atoms with Gasteiger partial charge in [-0.1, -0.05) is 102 Å². The minimum atomic E-state index is -4.22. The summed E-state index contributed by atoms with van der Waals surface area (Å²) in [6.07, 6.45) is 0. The quantitative estimate of drug-likeness (QED) is 0.0882. The molecule has 0 aliphatic heterocycles. The highest BCUT2D eigenvalue weighted by Gasteiger charge is 2.24. The van der Waals surface area contributed by atoms with Crippen molar-refractivity contribution in [3.8, 4) is 11.9 Å². The first-order valence-electron chi connectivity index (χ1n) is 12.3. The summed E-state index contributed by atoms with van der Waals surface area (Å²) in [5.41, 5.74) is 2.41. The van der Waals surface area contributed by atoms with E-state index in [1.807, 2.05) is 55.5 Å². The predicted octanol–water partition coefficient (Wildman–Crippen LogP) is 6.34. The molecule has 0 amide bonds. The zero-order valence-electron chi connectivity index (χ0n) is 21.4. The molecule has 4 aromatic carbocycles. The number of nitriles is 1. The number of benzene rings is 4. The van der Waals surface area contributed by atoms with Crippen LogP contribution in [0.3, 0.4) is 0 Å². The number of ketones is 1. The van der Waals surface area contributed by atoms with Crippen LogP contribution in [0.25, 0.3) is 10.8 Å². The van der Waals surface area contributed by atoms with E-state index in [9.17, 15) is 18.5 Å². The number of thioether (sulfide) groups is 1. The highest BCUT2D eigenvalue weighted by atomic mass is 32.2. The van der Waals surface area contributed by atoms with Gasteiger partial charge >= 0.3 is 10.1 Å². The van der Waals surface area contributed by atoms with Crippen LogP contribution in [0.1, 0.15) is 33.1 Å². The molecule has 0 radical (unpaired) electrons. The van der Waals surface area contributed by atoms with E-state index in [1.165, 1.54) is 18.2 Å². The monoisotopic (exact) mass is 565 g/mol. The Labute approximate surface area is 236 Å². The third kappa shape index (κ3) is 6.04. The molecule has 0 bridgehead atoms. The van der Waals surface area contributed by atoms with Gasteiger partial charge in [0.15, 0.2) is 10.9 Å². The van der Waals surface area contributed by atoms with E-state index in [-0.39, 0.29) is 33.2 Å². The molecule has 0 fully saturated rings. The third-order valence-corrected chi connectivity index (χ3v) is 8.28. The van der Waals surface area contributed by atoms with Crippen molar-refractivity contribution in [3.63, 3.8) is 0 Å². The largest absolute Gasteiger partial charge is 0.358 e. The molecule has 0 N–H and O–H groups in total. The summed E-state index contributed by atoms with van der Waals surface area (Å²) in [5, 5.41) is 12.2. The summed E-state index contributed by atoms with van der Waals surface area (Å²) in [6, 6.07) is 32.1. The van der Waals surface area contributed by atoms with Crippen LogP contribution < -0.4 is 4.18 Å². The van der Waals surface area contributed by atoms with E-state index in [0.29, 0.717) is 11.1 Å². The fourth-order valence-corrected chi connectivity index (χ4v) is 5.80. The number of carbonyl (C=O) groups excluding carboxylic acids is 1. The van der Waals surface area contributed by atoms with Crippen LogP contribution in [0.4, 0.5) is 0 Å². The molecular weight excluding hydrogens is 542 g/mol. The molecule has 5 aromatic rings. The lowest BCUT2D eigenvalue weighted by atomic mass is 9.92. The summed E-state index contributed by atoms with van der Waals surface area (Å²) >= 11 is 1.05. The van der Waals surface area contributed by atoms with Gasteiger partial charge in [0.05, 0.1) is 17.5 Å². The summed E-state index contributed by atoms with van der Waals surface area (Å²) in [4.78, 5) is 21.6. The van der Waals surface area contributed by atoms with Gasteiger partial charge in [0.2, 0.25) is 5.88 Å². The Kier molecular flexibility index (Phi) is 7.91. The maximum atomic E-state index is 13.1. The average molecular weight is 566 g/mol. The number of carbonyl (C=O) groups is 1. The van der Waals surface area contributed by atoms with Crippen LogP contribution >= 0.6 is 11.8 Å². The van der Waals surface area contributed by atoms with Gasteiger partial charge in [-0.25, -0.2) is 4.98 Å². The van der Waals surface area contributed by atoms with E-state index in [2.05, 4.69) is 16.0 Å². The number of nitrogens with zero attached hydrogens (tertiary/aromatic N) is 3. The maximum Gasteiger partial charge on any atom is 0.340 e. The van der Waals surface area contributed by atoms with Gasteiger partial charge in [0, 0.05) is 11.6 Å². The van der Waals surface area contributed by atoms with Crippen LogP contribution in [-0.4, -0.2) is 29.9 Å². The molecule has 9 heteroatoms. The van der Waals surface area contributed by atoms with E-state index in [1.54, 1.807) is 36.4 Å². The number of rotatable bonds is 9. The molecule has 1 unspecified atom stereocenters. The Morgan fingerprint density at radius 2 is 1.62 bits per heavy atom. The second-order valence-electron chi connectivity index (χ2n) is 8.97. The Bertz CT molecular complexity index is 1830. The van der Waals surface area contributed by atoms with E-state index < -0.39 is 16.0 Å². The number of Topliss-reactive ketones (excluding diaryl/α,β-unsaturated/α-hetero) is 1. The molecule has 0 spiro atoms. The number of aryl methyl sites for hydroxylation is 1. The van der Waals surface area contributed by atoms with Gasteiger partial charge in [-0.2, -0.15) is 18.7 Å². The summed E-state index contributed by atoms with van der Waals surface area (Å²) in [5.74, 6) is -1.20. The Morgan fingerprint density at radius 1 is 0.925 bits per heavy atom. The summed E-state index contributed by atoms with van der Waals surface area (Å²) < 4.78 is 31.6. The maximum absolute atomic E-state index is 13.1. The van der Waals surface area contributed by atoms with Gasteiger partial charge < -0.3 is 4.18 Å². The van der Waals surface area contributed by atoms with Crippen molar-refractivity contribution < 1.29 is 17.4 Å². The highest BCUT2D eigenvalue weighted by Crippen LogP contribution is 2.32. The van der Waals surface area contributed by atoms with Gasteiger partial charge in [0.1, 0.15) is 10.8 Å². The minimum absolute atomic E-state index is 0.0170. The zero-order chi connectivity index (χ0) is 28.1. The van der Waals surface area contributed by atoms with Crippen LogP contribution in [-0.2, 0) is 10.1 Å². The molecule has 0 saturated heterocycles. The average Bonchev–Trinajstić information content (AvgIpc) is 2.97. The molecule has 5 rings (SSSR count). The normalized spacial score (nSPS) is 12.0. The van der Waals surface area contributed by atoms with Crippen molar-refractivity contribution in [2.45, 2.75) is 22.9 Å². The lowest BCUT2D eigenvalue weighted by Gasteiger charge is -2.15. The van der Waals surface area contributed by atoms with Gasteiger partial charge in [-0.3, -0.25) is 4.79 Å². The first-order chi connectivity index (χ1) is 19.3. The molecule has 7 nitrogen and oxygen atoms in total. The lowest BCUT2D eigenvalue weighted by Crippen LogP contribution is -2.13. The standard InChI is InChI=1S/C31H23N3O4S2/c1-21-14-16-24(17-15-21)40(36,37)38-30-18-28(27(19-32)26-13-7-11-22-8-5-6-12-25(22)26)33-31(34-30)39-20-29(35)23-9-3-2-4-10-23/h2-18,27H,20H2,1H3. The second-order valence-corrected chi connectivity index (χ2v) is 11.5. The van der Waals surface area contributed by atoms with Crippen molar-refractivity contribution in [1.82, 2.24) is 9.97 Å². The molecular formula is C31H23N3O4S2. The SMILES string of the molecule is Cc1ccc(S(=O)(=O)Oc2cc(C(C#N)c3cccc4ccccc34)nc(SCC(=O)c3ccccc3)n2)cc1. The molecule has 1 aromatic heterocycles. The number of hydrogen-bond acceptors (Lipinski definition) is 8. The number of fused-ring (bicyclic) bond motifs is 1. The topological polar surface area (TPSA) is 110 Å². The number of hydrogen-bond donors (Lipinski definition) is 0. The highest BCUT2D eigenvalue weighted by molar-refractivity contribution is 7.99. The predicted molar refractivity (Wildman–Crippen MR) is 154 cm³/mol. The van der Waals surface area contributed by atoms with E-state index >= 15 is 0 Å². The van der Waals surface area contributed by atoms with Crippen LogP contribution in [0.5, 0.6) is 5.88 Å².